The van der Waals surface area contributed by atoms with Crippen LogP contribution in [0.3, 0.4) is 0 Å². The number of ether oxygens (including phenoxy) is 1. The van der Waals surface area contributed by atoms with Crippen molar-refractivity contribution in [1.82, 2.24) is 20.0 Å². The fraction of sp³-hybridized carbons (Fsp3) is 0.483. The van der Waals surface area contributed by atoms with Gasteiger partial charge in [-0.05, 0) is 75.3 Å². The van der Waals surface area contributed by atoms with Crippen LogP contribution < -0.4 is 10.1 Å². The van der Waals surface area contributed by atoms with Crippen LogP contribution in [-0.2, 0) is 17.8 Å². The largest absolute Gasteiger partial charge is 0.491 e. The summed E-state index contributed by atoms with van der Waals surface area (Å²) in [7, 11) is 0. The van der Waals surface area contributed by atoms with Crippen molar-refractivity contribution >= 4 is 11.8 Å². The molecule has 37 heavy (non-hydrogen) atoms. The van der Waals surface area contributed by atoms with Gasteiger partial charge in [0.15, 0.2) is 5.76 Å². The van der Waals surface area contributed by atoms with Crippen molar-refractivity contribution in [3.8, 4) is 5.75 Å². The highest BCUT2D eigenvalue weighted by Crippen LogP contribution is 2.38. The standard InChI is InChI=1S/C29H36N4O4/c1-21-17-30-33(18-21)19-24-10-11-26(37-24)27(34)32-15-13-29(14-16-32)12-6-5-8-23-7-3-4-9-25(23)36-20-22(2)31-28(29)35/h3-4,7,9-11,17-18,22H,5-6,8,12-16,19-20H2,1-2H3,(H,31,35)/t22-/m1/s1. The van der Waals surface area contributed by atoms with Crippen molar-refractivity contribution < 1.29 is 18.7 Å². The van der Waals surface area contributed by atoms with Gasteiger partial charge < -0.3 is 19.4 Å². The Labute approximate surface area is 218 Å². The van der Waals surface area contributed by atoms with Crippen LogP contribution >= 0.6 is 0 Å². The molecule has 1 atom stereocenters. The molecular formula is C29H36N4O4. The molecule has 8 heteroatoms. The van der Waals surface area contributed by atoms with E-state index in [1.54, 1.807) is 16.9 Å². The van der Waals surface area contributed by atoms with Gasteiger partial charge in [0.1, 0.15) is 18.1 Å². The first-order chi connectivity index (χ1) is 17.9. The summed E-state index contributed by atoms with van der Waals surface area (Å²) < 4.78 is 13.7. The molecular weight excluding hydrogens is 468 g/mol. The predicted octanol–water partition coefficient (Wildman–Crippen LogP) is 4.37. The van der Waals surface area contributed by atoms with Gasteiger partial charge in [-0.25, -0.2) is 0 Å². The maximum Gasteiger partial charge on any atom is 0.289 e. The van der Waals surface area contributed by atoms with Gasteiger partial charge in [0.05, 0.1) is 24.2 Å². The van der Waals surface area contributed by atoms with Crippen molar-refractivity contribution in [2.45, 2.75) is 65.0 Å². The number of hydrogen-bond acceptors (Lipinski definition) is 5. The fourth-order valence-corrected chi connectivity index (χ4v) is 5.44. The molecule has 0 radical (unpaired) electrons. The van der Waals surface area contributed by atoms with Crippen LogP contribution in [0, 0.1) is 12.3 Å². The Morgan fingerprint density at radius 3 is 2.73 bits per heavy atom. The van der Waals surface area contributed by atoms with Crippen molar-refractivity contribution in [2.75, 3.05) is 19.7 Å². The molecule has 5 rings (SSSR count). The number of para-hydroxylation sites is 1. The number of rotatable bonds is 3. The van der Waals surface area contributed by atoms with Crippen LogP contribution in [0.5, 0.6) is 5.75 Å². The molecule has 0 unspecified atom stereocenters. The molecule has 3 aromatic rings. The van der Waals surface area contributed by atoms with E-state index in [1.807, 2.05) is 49.2 Å². The van der Waals surface area contributed by atoms with E-state index in [0.29, 0.717) is 50.6 Å². The normalized spacial score (nSPS) is 20.3. The minimum atomic E-state index is -0.462. The molecule has 1 spiro atoms. The first-order valence-electron chi connectivity index (χ1n) is 13.3. The molecule has 2 aliphatic rings. The Hall–Kier alpha value is -3.55. The number of aromatic nitrogens is 2. The number of furan rings is 1. The van der Waals surface area contributed by atoms with Crippen molar-refractivity contribution in [2.24, 2.45) is 5.41 Å². The van der Waals surface area contributed by atoms with Crippen molar-refractivity contribution in [3.05, 3.63) is 71.4 Å². The van der Waals surface area contributed by atoms with Gasteiger partial charge in [-0.1, -0.05) is 24.6 Å². The second-order valence-electron chi connectivity index (χ2n) is 10.6. The summed E-state index contributed by atoms with van der Waals surface area (Å²) in [5.74, 6) is 1.90. The summed E-state index contributed by atoms with van der Waals surface area (Å²) in [6.45, 7) is 5.96. The summed E-state index contributed by atoms with van der Waals surface area (Å²) in [5, 5.41) is 7.48. The van der Waals surface area contributed by atoms with E-state index in [4.69, 9.17) is 9.15 Å². The van der Waals surface area contributed by atoms with Gasteiger partial charge in [0, 0.05) is 19.3 Å². The summed E-state index contributed by atoms with van der Waals surface area (Å²) in [5.41, 5.74) is 1.83. The zero-order valence-corrected chi connectivity index (χ0v) is 21.7. The quantitative estimate of drug-likeness (QED) is 0.572. The Balaban J connectivity index is 1.22. The summed E-state index contributed by atoms with van der Waals surface area (Å²) in [6.07, 6.45) is 8.75. The van der Waals surface area contributed by atoms with Crippen LogP contribution in [0.25, 0.3) is 0 Å². The Morgan fingerprint density at radius 2 is 1.95 bits per heavy atom. The SMILES string of the molecule is Cc1cnn(Cc2ccc(C(=O)N3CCC4(CCCCc5ccccc5OC[C@@H](C)NC4=O)CC3)o2)c1. The minimum absolute atomic E-state index is 0.0827. The molecule has 8 nitrogen and oxygen atoms in total. The van der Waals surface area contributed by atoms with E-state index in [9.17, 15) is 9.59 Å². The predicted molar refractivity (Wildman–Crippen MR) is 139 cm³/mol. The lowest BCUT2D eigenvalue weighted by molar-refractivity contribution is -0.135. The zero-order valence-electron chi connectivity index (χ0n) is 21.7. The van der Waals surface area contributed by atoms with Crippen LogP contribution in [0.1, 0.15) is 66.5 Å². The maximum atomic E-state index is 13.5. The number of nitrogens with one attached hydrogen (secondary N) is 1. The second-order valence-corrected chi connectivity index (χ2v) is 10.6. The Morgan fingerprint density at radius 1 is 1.14 bits per heavy atom. The van der Waals surface area contributed by atoms with E-state index < -0.39 is 5.41 Å². The number of carbonyl (C=O) groups is 2. The lowest BCUT2D eigenvalue weighted by Crippen LogP contribution is -2.52. The highest BCUT2D eigenvalue weighted by molar-refractivity contribution is 5.92. The maximum absolute atomic E-state index is 13.5. The lowest BCUT2D eigenvalue weighted by Gasteiger charge is -2.41. The third kappa shape index (κ3) is 5.73. The van der Waals surface area contributed by atoms with E-state index >= 15 is 0 Å². The first kappa shape index (κ1) is 25.1. The number of fused-ring (bicyclic) bond motifs is 1. The van der Waals surface area contributed by atoms with Gasteiger partial charge in [-0.15, -0.1) is 0 Å². The third-order valence-electron chi connectivity index (χ3n) is 7.63. The van der Waals surface area contributed by atoms with Gasteiger partial charge in [0.25, 0.3) is 5.91 Å². The van der Waals surface area contributed by atoms with E-state index in [0.717, 1.165) is 37.0 Å². The van der Waals surface area contributed by atoms with Gasteiger partial charge in [-0.3, -0.25) is 14.3 Å². The Bertz CT molecular complexity index is 1240. The average Bonchev–Trinajstić information content (AvgIpc) is 3.54. The van der Waals surface area contributed by atoms with Gasteiger partial charge in [-0.2, -0.15) is 5.10 Å². The molecule has 1 fully saturated rings. The monoisotopic (exact) mass is 504 g/mol. The topological polar surface area (TPSA) is 89.6 Å². The van der Waals surface area contributed by atoms with Crippen LogP contribution in [0.4, 0.5) is 0 Å². The van der Waals surface area contributed by atoms with Crippen LogP contribution in [-0.4, -0.2) is 52.2 Å². The van der Waals surface area contributed by atoms with Crippen molar-refractivity contribution in [1.29, 1.82) is 0 Å². The molecule has 1 aromatic carbocycles. The summed E-state index contributed by atoms with van der Waals surface area (Å²) >= 11 is 0. The number of nitrogens with zero attached hydrogens (tertiary/aromatic N) is 3. The second kappa shape index (κ2) is 10.8. The van der Waals surface area contributed by atoms with Crippen LogP contribution in [0.15, 0.2) is 53.2 Å². The van der Waals surface area contributed by atoms with Crippen LogP contribution in [0.2, 0.25) is 0 Å². The third-order valence-corrected chi connectivity index (χ3v) is 7.63. The number of carbonyl (C=O) groups excluding carboxylic acids is 2. The highest BCUT2D eigenvalue weighted by Gasteiger charge is 2.42. The number of piperidine rings is 1. The minimum Gasteiger partial charge on any atom is -0.491 e. The molecule has 0 bridgehead atoms. The summed E-state index contributed by atoms with van der Waals surface area (Å²) in [6, 6.07) is 11.6. The summed E-state index contributed by atoms with van der Waals surface area (Å²) in [4.78, 5) is 28.5. The van der Waals surface area contributed by atoms with Crippen molar-refractivity contribution in [3.63, 3.8) is 0 Å². The Kier molecular flexibility index (Phi) is 7.35. The molecule has 4 heterocycles. The zero-order chi connectivity index (χ0) is 25.8. The molecule has 2 aliphatic heterocycles. The number of benzene rings is 1. The molecule has 1 saturated heterocycles. The smallest absolute Gasteiger partial charge is 0.289 e. The molecule has 0 aliphatic carbocycles. The van der Waals surface area contributed by atoms with E-state index in [2.05, 4.69) is 16.5 Å². The van der Waals surface area contributed by atoms with E-state index in [-0.39, 0.29) is 17.9 Å². The fourth-order valence-electron chi connectivity index (χ4n) is 5.44. The number of likely N-dealkylation sites (tertiary alicyclic amines) is 1. The molecule has 2 aromatic heterocycles. The highest BCUT2D eigenvalue weighted by atomic mass is 16.5. The molecule has 0 saturated carbocycles. The number of hydrogen-bond donors (Lipinski definition) is 1. The van der Waals surface area contributed by atoms with Gasteiger partial charge in [0.2, 0.25) is 5.91 Å². The average molecular weight is 505 g/mol. The molecule has 2 amide bonds. The molecule has 196 valence electrons. The number of amides is 2. The van der Waals surface area contributed by atoms with E-state index in [1.165, 1.54) is 5.56 Å². The van der Waals surface area contributed by atoms with Gasteiger partial charge >= 0.3 is 0 Å². The molecule has 1 N–H and O–H groups in total. The number of aryl methyl sites for hydroxylation is 2. The lowest BCUT2D eigenvalue weighted by atomic mass is 9.73. The first-order valence-corrected chi connectivity index (χ1v) is 13.3.